The monoisotopic (exact) mass is 303 g/mol. The molecule has 1 unspecified atom stereocenters. The molecule has 0 radical (unpaired) electrons. The zero-order valence-corrected chi connectivity index (χ0v) is 10.4. The lowest BCUT2D eigenvalue weighted by atomic mass is 10.1. The molecule has 1 aromatic heterocycles. The molecule has 0 saturated carbocycles. The Hall–Kier alpha value is -0.840. The standard InChI is InChI=1S/C11H8BrClFNO/c12-10-4-3-9(16-10)11(15)6-1-2-8(14)7(13)5-6/h1-5,11H,15H2. The zero-order valence-electron chi connectivity index (χ0n) is 8.08. The van der Waals surface area contributed by atoms with Crippen molar-refractivity contribution in [3.8, 4) is 0 Å². The quantitative estimate of drug-likeness (QED) is 0.914. The van der Waals surface area contributed by atoms with Gasteiger partial charge in [-0.1, -0.05) is 17.7 Å². The van der Waals surface area contributed by atoms with Gasteiger partial charge >= 0.3 is 0 Å². The average Bonchev–Trinajstić information content (AvgIpc) is 2.68. The first-order valence-electron chi connectivity index (χ1n) is 4.53. The van der Waals surface area contributed by atoms with Gasteiger partial charge in [-0.15, -0.1) is 0 Å². The highest BCUT2D eigenvalue weighted by atomic mass is 79.9. The minimum Gasteiger partial charge on any atom is -0.452 e. The molecule has 0 aliphatic heterocycles. The van der Waals surface area contributed by atoms with Gasteiger partial charge in [0.1, 0.15) is 11.6 Å². The van der Waals surface area contributed by atoms with Gasteiger partial charge in [0.25, 0.3) is 0 Å². The summed E-state index contributed by atoms with van der Waals surface area (Å²) in [5.41, 5.74) is 6.66. The van der Waals surface area contributed by atoms with Crippen LogP contribution in [0.15, 0.2) is 39.4 Å². The number of rotatable bonds is 2. The van der Waals surface area contributed by atoms with E-state index in [0.29, 0.717) is 16.0 Å². The fourth-order valence-electron chi connectivity index (χ4n) is 1.37. The van der Waals surface area contributed by atoms with Crippen molar-refractivity contribution in [3.05, 3.63) is 57.2 Å². The summed E-state index contributed by atoms with van der Waals surface area (Å²) in [5, 5.41) is 0.0542. The lowest BCUT2D eigenvalue weighted by Gasteiger charge is -2.09. The molecule has 5 heteroatoms. The maximum absolute atomic E-state index is 13.0. The van der Waals surface area contributed by atoms with Crippen molar-refractivity contribution in [2.24, 2.45) is 5.73 Å². The second kappa shape index (κ2) is 4.57. The van der Waals surface area contributed by atoms with Crippen molar-refractivity contribution < 1.29 is 8.81 Å². The SMILES string of the molecule is NC(c1ccc(F)c(Cl)c1)c1ccc(Br)o1. The third kappa shape index (κ3) is 2.29. The minimum absolute atomic E-state index is 0.0542. The van der Waals surface area contributed by atoms with E-state index in [1.165, 1.54) is 12.1 Å². The van der Waals surface area contributed by atoms with Gasteiger partial charge in [0.05, 0.1) is 11.1 Å². The van der Waals surface area contributed by atoms with Crippen LogP contribution in [0.5, 0.6) is 0 Å². The summed E-state index contributed by atoms with van der Waals surface area (Å²) in [4.78, 5) is 0. The number of halogens is 3. The van der Waals surface area contributed by atoms with Gasteiger partial charge in [0.2, 0.25) is 0 Å². The van der Waals surface area contributed by atoms with Gasteiger partial charge < -0.3 is 10.2 Å². The van der Waals surface area contributed by atoms with E-state index in [0.717, 1.165) is 0 Å². The Morgan fingerprint density at radius 2 is 2.06 bits per heavy atom. The molecule has 2 aromatic rings. The molecule has 2 nitrogen and oxygen atoms in total. The molecule has 0 spiro atoms. The minimum atomic E-state index is -0.460. The lowest BCUT2D eigenvalue weighted by molar-refractivity contribution is 0.470. The van der Waals surface area contributed by atoms with Gasteiger partial charge in [0.15, 0.2) is 4.67 Å². The van der Waals surface area contributed by atoms with Crippen molar-refractivity contribution in [2.75, 3.05) is 0 Å². The summed E-state index contributed by atoms with van der Waals surface area (Å²) >= 11 is 8.87. The molecule has 0 fully saturated rings. The van der Waals surface area contributed by atoms with Crippen molar-refractivity contribution in [1.82, 2.24) is 0 Å². The first kappa shape index (κ1) is 11.6. The van der Waals surface area contributed by atoms with E-state index in [9.17, 15) is 4.39 Å². The van der Waals surface area contributed by atoms with E-state index in [1.807, 2.05) is 0 Å². The van der Waals surface area contributed by atoms with Crippen LogP contribution in [-0.4, -0.2) is 0 Å². The van der Waals surface area contributed by atoms with Gasteiger partial charge in [-0.3, -0.25) is 0 Å². The van der Waals surface area contributed by atoms with Gasteiger partial charge in [-0.2, -0.15) is 0 Å². The third-order valence-electron chi connectivity index (χ3n) is 2.20. The molecule has 2 rings (SSSR count). The molecule has 0 aliphatic carbocycles. The predicted molar refractivity (Wildman–Crippen MR) is 63.8 cm³/mol. The summed E-state index contributed by atoms with van der Waals surface area (Å²) in [5.74, 6) is 0.132. The molecule has 2 N–H and O–H groups in total. The number of nitrogens with two attached hydrogens (primary N) is 1. The van der Waals surface area contributed by atoms with E-state index in [1.54, 1.807) is 18.2 Å². The topological polar surface area (TPSA) is 39.2 Å². The Kier molecular flexibility index (Phi) is 3.33. The normalized spacial score (nSPS) is 12.8. The average molecular weight is 305 g/mol. The van der Waals surface area contributed by atoms with Gasteiger partial charge in [-0.25, -0.2) is 4.39 Å². The Morgan fingerprint density at radius 3 is 2.62 bits per heavy atom. The van der Waals surface area contributed by atoms with Crippen LogP contribution in [0.2, 0.25) is 5.02 Å². The van der Waals surface area contributed by atoms with Crippen LogP contribution < -0.4 is 5.73 Å². The van der Waals surface area contributed by atoms with Crippen LogP contribution in [-0.2, 0) is 0 Å². The summed E-state index contributed by atoms with van der Waals surface area (Å²) in [7, 11) is 0. The second-order valence-electron chi connectivity index (χ2n) is 3.29. The number of hydrogen-bond acceptors (Lipinski definition) is 2. The molecule has 84 valence electrons. The Morgan fingerprint density at radius 1 is 1.31 bits per heavy atom. The van der Waals surface area contributed by atoms with Crippen LogP contribution in [0, 0.1) is 5.82 Å². The molecule has 0 amide bonds. The van der Waals surface area contributed by atoms with E-state index >= 15 is 0 Å². The summed E-state index contributed by atoms with van der Waals surface area (Å²) in [6.07, 6.45) is 0. The molecule has 1 aromatic carbocycles. The summed E-state index contributed by atoms with van der Waals surface area (Å²) in [6, 6.07) is 7.42. The fourth-order valence-corrected chi connectivity index (χ4v) is 1.87. The largest absolute Gasteiger partial charge is 0.452 e. The second-order valence-corrected chi connectivity index (χ2v) is 4.48. The first-order chi connectivity index (χ1) is 7.58. The van der Waals surface area contributed by atoms with E-state index in [-0.39, 0.29) is 5.02 Å². The molecule has 1 atom stereocenters. The molecule has 1 heterocycles. The lowest BCUT2D eigenvalue weighted by Crippen LogP contribution is -2.10. The maximum atomic E-state index is 13.0. The highest BCUT2D eigenvalue weighted by molar-refractivity contribution is 9.10. The third-order valence-corrected chi connectivity index (χ3v) is 2.92. The maximum Gasteiger partial charge on any atom is 0.169 e. The zero-order chi connectivity index (χ0) is 11.7. The number of hydrogen-bond donors (Lipinski definition) is 1. The molecule has 0 bridgehead atoms. The van der Waals surface area contributed by atoms with Crippen LogP contribution in [0.3, 0.4) is 0 Å². The van der Waals surface area contributed by atoms with Crippen LogP contribution in [0.1, 0.15) is 17.4 Å². The van der Waals surface area contributed by atoms with Gasteiger partial charge in [0, 0.05) is 0 Å². The van der Waals surface area contributed by atoms with E-state index in [4.69, 9.17) is 21.8 Å². The van der Waals surface area contributed by atoms with E-state index < -0.39 is 11.9 Å². The van der Waals surface area contributed by atoms with E-state index in [2.05, 4.69) is 15.9 Å². The molecule has 0 saturated heterocycles. The number of benzene rings is 1. The van der Waals surface area contributed by atoms with Crippen molar-refractivity contribution in [2.45, 2.75) is 6.04 Å². The van der Waals surface area contributed by atoms with Crippen molar-refractivity contribution >= 4 is 27.5 Å². The predicted octanol–water partition coefficient (Wildman–Crippen LogP) is 3.88. The smallest absolute Gasteiger partial charge is 0.169 e. The highest BCUT2D eigenvalue weighted by Crippen LogP contribution is 2.26. The van der Waals surface area contributed by atoms with Crippen molar-refractivity contribution in [1.29, 1.82) is 0 Å². The Balaban J connectivity index is 2.33. The van der Waals surface area contributed by atoms with Gasteiger partial charge in [-0.05, 0) is 45.8 Å². The van der Waals surface area contributed by atoms with Crippen molar-refractivity contribution in [3.63, 3.8) is 0 Å². The molecule has 16 heavy (non-hydrogen) atoms. The van der Waals surface area contributed by atoms with Crippen LogP contribution >= 0.6 is 27.5 Å². The number of furan rings is 1. The summed E-state index contributed by atoms with van der Waals surface area (Å²) in [6.45, 7) is 0. The summed E-state index contributed by atoms with van der Waals surface area (Å²) < 4.78 is 18.9. The fraction of sp³-hybridized carbons (Fsp3) is 0.0909. The highest BCUT2D eigenvalue weighted by Gasteiger charge is 2.14. The first-order valence-corrected chi connectivity index (χ1v) is 5.71. The Bertz CT molecular complexity index is 514. The molecular weight excluding hydrogens is 296 g/mol. The van der Waals surface area contributed by atoms with Crippen LogP contribution in [0.4, 0.5) is 4.39 Å². The molecular formula is C11H8BrClFNO. The molecule has 0 aliphatic rings. The van der Waals surface area contributed by atoms with Crippen LogP contribution in [0.25, 0.3) is 0 Å². The Labute approximate surface area is 105 Å².